The van der Waals surface area contributed by atoms with E-state index in [2.05, 4.69) is 15.3 Å². The van der Waals surface area contributed by atoms with Gasteiger partial charge in [-0.05, 0) is 24.4 Å². The highest BCUT2D eigenvalue weighted by Gasteiger charge is 2.08. The van der Waals surface area contributed by atoms with Gasteiger partial charge in [0.2, 0.25) is 4.77 Å². The van der Waals surface area contributed by atoms with Crippen molar-refractivity contribution in [3.05, 3.63) is 68.9 Å². The number of aromatic nitrogens is 3. The standard InChI is InChI=1S/C15H10Cl2N4S/c16-12-7-4-8-13(17)11(12)9-18-21-14(19-20-15(21)22)10-5-2-1-3-6-10/h1-9H,(H,20,22)/b18-9+. The normalized spacial score (nSPS) is 11.2. The minimum atomic E-state index is 0.387. The highest BCUT2D eigenvalue weighted by molar-refractivity contribution is 7.71. The molecule has 3 aromatic rings. The molecule has 0 bridgehead atoms. The van der Waals surface area contributed by atoms with Crippen molar-refractivity contribution in [1.82, 2.24) is 14.9 Å². The molecule has 2 aromatic carbocycles. The molecule has 0 amide bonds. The van der Waals surface area contributed by atoms with Crippen LogP contribution in [0.25, 0.3) is 11.4 Å². The quantitative estimate of drug-likeness (QED) is 0.545. The van der Waals surface area contributed by atoms with Crippen molar-refractivity contribution in [2.45, 2.75) is 0 Å². The molecule has 7 heteroatoms. The minimum absolute atomic E-state index is 0.387. The van der Waals surface area contributed by atoms with E-state index in [1.54, 1.807) is 24.4 Å². The zero-order valence-corrected chi connectivity index (χ0v) is 13.5. The summed E-state index contributed by atoms with van der Waals surface area (Å²) in [5, 5.41) is 12.3. The average Bonchev–Trinajstić information content (AvgIpc) is 2.89. The molecule has 110 valence electrons. The van der Waals surface area contributed by atoms with Crippen LogP contribution in [0, 0.1) is 4.77 Å². The van der Waals surface area contributed by atoms with E-state index in [1.807, 2.05) is 30.3 Å². The Balaban J connectivity index is 2.05. The van der Waals surface area contributed by atoms with Gasteiger partial charge < -0.3 is 0 Å². The van der Waals surface area contributed by atoms with E-state index in [-0.39, 0.29) is 0 Å². The SMILES string of the molecule is S=c1[nH]nc(-c2ccccc2)n1/N=C/c1c(Cl)cccc1Cl. The molecule has 4 nitrogen and oxygen atoms in total. The van der Waals surface area contributed by atoms with Crippen LogP contribution in [0.4, 0.5) is 0 Å². The number of hydrogen-bond donors (Lipinski definition) is 1. The maximum absolute atomic E-state index is 6.13. The number of benzene rings is 2. The number of rotatable bonds is 3. The highest BCUT2D eigenvalue weighted by Crippen LogP contribution is 2.23. The summed E-state index contributed by atoms with van der Waals surface area (Å²) >= 11 is 17.5. The first-order valence-corrected chi connectivity index (χ1v) is 7.54. The first-order valence-electron chi connectivity index (χ1n) is 6.38. The lowest BCUT2D eigenvalue weighted by Crippen LogP contribution is -1.95. The van der Waals surface area contributed by atoms with Crippen molar-refractivity contribution in [3.63, 3.8) is 0 Å². The third kappa shape index (κ3) is 2.97. The maximum Gasteiger partial charge on any atom is 0.216 e. The van der Waals surface area contributed by atoms with Crippen molar-refractivity contribution >= 4 is 41.6 Å². The molecule has 1 aromatic heterocycles. The van der Waals surface area contributed by atoms with Gasteiger partial charge >= 0.3 is 0 Å². The number of aromatic amines is 1. The number of nitrogens with zero attached hydrogens (tertiary/aromatic N) is 3. The molecule has 1 heterocycles. The van der Waals surface area contributed by atoms with Gasteiger partial charge in [-0.3, -0.25) is 0 Å². The van der Waals surface area contributed by atoms with Gasteiger partial charge in [-0.15, -0.1) is 0 Å². The Hall–Kier alpha value is -1.95. The van der Waals surface area contributed by atoms with Gasteiger partial charge in [-0.1, -0.05) is 59.6 Å². The van der Waals surface area contributed by atoms with E-state index in [9.17, 15) is 0 Å². The molecule has 0 saturated carbocycles. The van der Waals surface area contributed by atoms with Crippen LogP contribution in [0.3, 0.4) is 0 Å². The minimum Gasteiger partial charge on any atom is -0.250 e. The summed E-state index contributed by atoms with van der Waals surface area (Å²) in [7, 11) is 0. The third-order valence-electron chi connectivity index (χ3n) is 2.98. The second kappa shape index (κ2) is 6.44. The number of nitrogens with one attached hydrogen (secondary N) is 1. The van der Waals surface area contributed by atoms with Gasteiger partial charge in [0.25, 0.3) is 0 Å². The van der Waals surface area contributed by atoms with Crippen molar-refractivity contribution in [2.75, 3.05) is 0 Å². The van der Waals surface area contributed by atoms with Gasteiger partial charge in [0, 0.05) is 11.1 Å². The summed E-state index contributed by atoms with van der Waals surface area (Å²) in [5.74, 6) is 0.616. The van der Waals surface area contributed by atoms with Crippen molar-refractivity contribution in [2.24, 2.45) is 5.10 Å². The molecule has 0 aliphatic heterocycles. The van der Waals surface area contributed by atoms with Gasteiger partial charge in [0.05, 0.1) is 16.3 Å². The Kier molecular flexibility index (Phi) is 4.38. The summed E-state index contributed by atoms with van der Waals surface area (Å²) in [6.07, 6.45) is 1.57. The fourth-order valence-electron chi connectivity index (χ4n) is 1.92. The fraction of sp³-hybridized carbons (Fsp3) is 0. The van der Waals surface area contributed by atoms with Crippen molar-refractivity contribution < 1.29 is 0 Å². The van der Waals surface area contributed by atoms with Gasteiger partial charge in [-0.25, -0.2) is 5.10 Å². The molecule has 0 spiro atoms. The third-order valence-corrected chi connectivity index (χ3v) is 3.91. The second-order valence-corrected chi connectivity index (χ2v) is 5.61. The smallest absolute Gasteiger partial charge is 0.216 e. The maximum atomic E-state index is 6.13. The van der Waals surface area contributed by atoms with Crippen LogP contribution in [-0.2, 0) is 0 Å². The lowest BCUT2D eigenvalue weighted by Gasteiger charge is -2.02. The number of hydrogen-bond acceptors (Lipinski definition) is 3. The van der Waals surface area contributed by atoms with Crippen LogP contribution in [0.5, 0.6) is 0 Å². The van der Waals surface area contributed by atoms with Crippen LogP contribution in [0.15, 0.2) is 53.6 Å². The van der Waals surface area contributed by atoms with Crippen LogP contribution in [0.1, 0.15) is 5.56 Å². The van der Waals surface area contributed by atoms with Crippen LogP contribution in [-0.4, -0.2) is 21.1 Å². The van der Waals surface area contributed by atoms with E-state index in [0.717, 1.165) is 5.56 Å². The zero-order valence-electron chi connectivity index (χ0n) is 11.2. The van der Waals surface area contributed by atoms with Gasteiger partial charge in [-0.2, -0.15) is 14.9 Å². The average molecular weight is 349 g/mol. The highest BCUT2D eigenvalue weighted by atomic mass is 35.5. The van der Waals surface area contributed by atoms with E-state index in [1.165, 1.54) is 4.68 Å². The largest absolute Gasteiger partial charge is 0.250 e. The summed E-state index contributed by atoms with van der Waals surface area (Å²) in [6.45, 7) is 0. The lowest BCUT2D eigenvalue weighted by atomic mass is 10.2. The molecule has 0 saturated heterocycles. The predicted octanol–water partition coefficient (Wildman–Crippen LogP) is 4.80. The Morgan fingerprint density at radius 3 is 2.41 bits per heavy atom. The summed E-state index contributed by atoms with van der Waals surface area (Å²) < 4.78 is 1.92. The fourth-order valence-corrected chi connectivity index (χ4v) is 2.60. The molecule has 0 atom stereocenters. The first-order chi connectivity index (χ1) is 10.7. The van der Waals surface area contributed by atoms with E-state index in [0.29, 0.717) is 26.2 Å². The number of H-pyrrole nitrogens is 1. The summed E-state index contributed by atoms with van der Waals surface area (Å²) in [5.41, 5.74) is 1.53. The Labute approximate surface area is 142 Å². The van der Waals surface area contributed by atoms with E-state index < -0.39 is 0 Å². The Morgan fingerprint density at radius 1 is 1.05 bits per heavy atom. The topological polar surface area (TPSA) is 46.0 Å². The molecule has 0 fully saturated rings. The van der Waals surface area contributed by atoms with Crippen LogP contribution in [0.2, 0.25) is 10.0 Å². The molecular weight excluding hydrogens is 339 g/mol. The molecule has 0 aliphatic carbocycles. The number of halogens is 2. The molecular formula is C15H10Cl2N4S. The summed E-state index contributed by atoms with van der Waals surface area (Å²) in [6, 6.07) is 14.9. The second-order valence-electron chi connectivity index (χ2n) is 4.41. The molecule has 3 rings (SSSR count). The lowest BCUT2D eigenvalue weighted by molar-refractivity contribution is 0.871. The molecule has 0 aliphatic rings. The van der Waals surface area contributed by atoms with E-state index in [4.69, 9.17) is 35.4 Å². The molecule has 1 N–H and O–H groups in total. The molecule has 22 heavy (non-hydrogen) atoms. The van der Waals surface area contributed by atoms with Crippen LogP contribution >= 0.6 is 35.4 Å². The predicted molar refractivity (Wildman–Crippen MR) is 92.3 cm³/mol. The van der Waals surface area contributed by atoms with Gasteiger partial charge in [0.15, 0.2) is 5.82 Å². The van der Waals surface area contributed by atoms with Crippen molar-refractivity contribution in [3.8, 4) is 11.4 Å². The zero-order chi connectivity index (χ0) is 15.5. The molecule has 0 radical (unpaired) electrons. The monoisotopic (exact) mass is 348 g/mol. The Morgan fingerprint density at radius 2 is 1.73 bits per heavy atom. The van der Waals surface area contributed by atoms with Crippen molar-refractivity contribution in [1.29, 1.82) is 0 Å². The van der Waals surface area contributed by atoms with Gasteiger partial charge in [0.1, 0.15) is 0 Å². The molecule has 0 unspecified atom stereocenters. The Bertz CT molecular complexity index is 864. The van der Waals surface area contributed by atoms with Crippen LogP contribution < -0.4 is 0 Å². The summed E-state index contributed by atoms with van der Waals surface area (Å²) in [4.78, 5) is 0. The first kappa shape index (κ1) is 15.0. The van der Waals surface area contributed by atoms with E-state index >= 15 is 0 Å².